The molecule has 1 aliphatic rings. The van der Waals surface area contributed by atoms with Crippen LogP contribution < -0.4 is 0 Å². The Hall–Kier alpha value is -2.28. The molecular formula is C17H24N6O. The van der Waals surface area contributed by atoms with Gasteiger partial charge in [-0.05, 0) is 39.3 Å². The Morgan fingerprint density at radius 2 is 2.21 bits per heavy atom. The molecule has 1 saturated heterocycles. The summed E-state index contributed by atoms with van der Waals surface area (Å²) in [5.41, 5.74) is 0.977. The predicted octanol–water partition coefficient (Wildman–Crippen LogP) is 1.72. The first kappa shape index (κ1) is 16.6. The molecule has 3 rings (SSSR count). The molecule has 2 aromatic heterocycles. The molecule has 0 aromatic carbocycles. The summed E-state index contributed by atoms with van der Waals surface area (Å²) in [5.74, 6) is 1.55. The van der Waals surface area contributed by atoms with E-state index >= 15 is 0 Å². The van der Waals surface area contributed by atoms with Gasteiger partial charge in [0.05, 0.1) is 12.1 Å². The second-order valence-corrected chi connectivity index (χ2v) is 6.75. The minimum Gasteiger partial charge on any atom is -0.348 e. The number of aromatic nitrogens is 4. The van der Waals surface area contributed by atoms with Crippen molar-refractivity contribution in [1.29, 1.82) is 0 Å². The lowest BCUT2D eigenvalue weighted by molar-refractivity contribution is 0.0818. The molecule has 128 valence electrons. The van der Waals surface area contributed by atoms with Crippen LogP contribution in [0.4, 0.5) is 0 Å². The number of likely N-dealkylation sites (tertiary alicyclic amines) is 1. The van der Waals surface area contributed by atoms with E-state index in [1.165, 1.54) is 0 Å². The molecule has 1 amide bonds. The van der Waals surface area contributed by atoms with Gasteiger partial charge in [-0.3, -0.25) is 9.69 Å². The van der Waals surface area contributed by atoms with Crippen molar-refractivity contribution in [2.75, 3.05) is 20.6 Å². The number of rotatable bonds is 4. The quantitative estimate of drug-likeness (QED) is 0.924. The number of aryl methyl sites for hydroxylation is 1. The van der Waals surface area contributed by atoms with Crippen LogP contribution >= 0.6 is 0 Å². The zero-order valence-electron chi connectivity index (χ0n) is 14.7. The normalized spacial score (nSPS) is 21.2. The van der Waals surface area contributed by atoms with Gasteiger partial charge in [-0.25, -0.2) is 15.0 Å². The third-order valence-electron chi connectivity index (χ3n) is 4.65. The lowest BCUT2D eigenvalue weighted by atomic mass is 9.97. The molecule has 0 spiro atoms. The van der Waals surface area contributed by atoms with Crippen LogP contribution in [0.15, 0.2) is 18.5 Å². The first-order valence-electron chi connectivity index (χ1n) is 8.21. The van der Waals surface area contributed by atoms with Gasteiger partial charge in [-0.15, -0.1) is 0 Å². The van der Waals surface area contributed by atoms with Crippen molar-refractivity contribution in [3.05, 3.63) is 41.5 Å². The molecule has 0 aliphatic carbocycles. The minimum absolute atomic E-state index is 0.0964. The van der Waals surface area contributed by atoms with Gasteiger partial charge < -0.3 is 9.88 Å². The highest BCUT2D eigenvalue weighted by molar-refractivity contribution is 5.92. The summed E-state index contributed by atoms with van der Waals surface area (Å²) >= 11 is 0. The summed E-state index contributed by atoms with van der Waals surface area (Å²) in [5, 5.41) is 0. The van der Waals surface area contributed by atoms with E-state index in [0.29, 0.717) is 5.69 Å². The van der Waals surface area contributed by atoms with Crippen molar-refractivity contribution in [2.24, 2.45) is 0 Å². The summed E-state index contributed by atoms with van der Waals surface area (Å²) in [7, 11) is 3.47. The summed E-state index contributed by atoms with van der Waals surface area (Å²) in [6.07, 6.45) is 5.64. The van der Waals surface area contributed by atoms with Gasteiger partial charge in [-0.1, -0.05) is 0 Å². The Labute approximate surface area is 142 Å². The highest BCUT2D eigenvalue weighted by Crippen LogP contribution is 2.37. The molecule has 0 saturated carbocycles. The second-order valence-electron chi connectivity index (χ2n) is 6.75. The van der Waals surface area contributed by atoms with E-state index in [9.17, 15) is 4.79 Å². The third-order valence-corrected chi connectivity index (χ3v) is 4.65. The van der Waals surface area contributed by atoms with Crippen LogP contribution in [0, 0.1) is 6.92 Å². The smallest absolute Gasteiger partial charge is 0.272 e. The fourth-order valence-electron chi connectivity index (χ4n) is 3.24. The van der Waals surface area contributed by atoms with Crippen LogP contribution in [0.2, 0.25) is 0 Å². The average Bonchev–Trinajstić information content (AvgIpc) is 3.17. The van der Waals surface area contributed by atoms with E-state index in [0.717, 1.165) is 43.3 Å². The minimum atomic E-state index is -0.292. The Morgan fingerprint density at radius 1 is 1.42 bits per heavy atom. The number of aromatic amines is 1. The summed E-state index contributed by atoms with van der Waals surface area (Å²) < 4.78 is 0. The van der Waals surface area contributed by atoms with Crippen LogP contribution in [0.25, 0.3) is 0 Å². The number of H-pyrrole nitrogens is 1. The number of hydrogen-bond acceptors (Lipinski definition) is 5. The van der Waals surface area contributed by atoms with Crippen LogP contribution in [0.3, 0.4) is 0 Å². The largest absolute Gasteiger partial charge is 0.348 e. The molecule has 1 unspecified atom stereocenters. The van der Waals surface area contributed by atoms with Crippen molar-refractivity contribution >= 4 is 5.91 Å². The molecule has 7 heteroatoms. The zero-order chi connectivity index (χ0) is 17.3. The first-order valence-corrected chi connectivity index (χ1v) is 8.21. The SMILES string of the molecule is Cc1cc(C(=O)N(C)C)nc(C2(C)CCCN2Cc2ncc[nH]2)n1. The maximum absolute atomic E-state index is 12.3. The molecule has 1 fully saturated rings. The van der Waals surface area contributed by atoms with Gasteiger partial charge in [0, 0.05) is 32.2 Å². The number of hydrogen-bond donors (Lipinski definition) is 1. The molecule has 3 heterocycles. The molecule has 1 N–H and O–H groups in total. The standard InChI is InChI=1S/C17H24N6O/c1-12-10-13(15(24)22(3)4)21-16(20-12)17(2)6-5-9-23(17)11-14-18-7-8-19-14/h7-8,10H,5-6,9,11H2,1-4H3,(H,18,19). The lowest BCUT2D eigenvalue weighted by Gasteiger charge is -2.33. The molecular weight excluding hydrogens is 304 g/mol. The van der Waals surface area contributed by atoms with Crippen molar-refractivity contribution < 1.29 is 4.79 Å². The third kappa shape index (κ3) is 3.03. The maximum Gasteiger partial charge on any atom is 0.272 e. The second kappa shape index (κ2) is 6.32. The number of imidazole rings is 1. The number of nitrogens with one attached hydrogen (secondary N) is 1. The maximum atomic E-state index is 12.3. The fraction of sp³-hybridized carbons (Fsp3) is 0.529. The molecule has 7 nitrogen and oxygen atoms in total. The number of carbonyl (C=O) groups is 1. The van der Waals surface area contributed by atoms with Crippen LogP contribution in [-0.4, -0.2) is 56.3 Å². The molecule has 1 aliphatic heterocycles. The Morgan fingerprint density at radius 3 is 2.88 bits per heavy atom. The van der Waals surface area contributed by atoms with Crippen molar-refractivity contribution in [1.82, 2.24) is 29.7 Å². The van der Waals surface area contributed by atoms with Crippen LogP contribution in [0.1, 0.15) is 47.6 Å². The molecule has 24 heavy (non-hydrogen) atoms. The lowest BCUT2D eigenvalue weighted by Crippen LogP contribution is -2.40. The molecule has 0 radical (unpaired) electrons. The van der Waals surface area contributed by atoms with Gasteiger partial charge >= 0.3 is 0 Å². The van der Waals surface area contributed by atoms with Crippen molar-refractivity contribution in [3.8, 4) is 0 Å². The van der Waals surface area contributed by atoms with Crippen LogP contribution in [0.5, 0.6) is 0 Å². The monoisotopic (exact) mass is 328 g/mol. The predicted molar refractivity (Wildman–Crippen MR) is 90.4 cm³/mol. The highest BCUT2D eigenvalue weighted by atomic mass is 16.2. The van der Waals surface area contributed by atoms with E-state index in [4.69, 9.17) is 0 Å². The number of carbonyl (C=O) groups excluding carboxylic acids is 1. The number of amides is 1. The number of nitrogens with zero attached hydrogens (tertiary/aromatic N) is 5. The van der Waals surface area contributed by atoms with Gasteiger partial charge in [0.1, 0.15) is 17.3 Å². The van der Waals surface area contributed by atoms with E-state index in [-0.39, 0.29) is 11.4 Å². The van der Waals surface area contributed by atoms with Gasteiger partial charge in [0.2, 0.25) is 0 Å². The van der Waals surface area contributed by atoms with Gasteiger partial charge in [0.25, 0.3) is 5.91 Å². The fourth-order valence-corrected chi connectivity index (χ4v) is 3.24. The van der Waals surface area contributed by atoms with Crippen molar-refractivity contribution in [3.63, 3.8) is 0 Å². The molecule has 0 bridgehead atoms. The summed E-state index contributed by atoms with van der Waals surface area (Å²) in [6, 6.07) is 1.75. The summed E-state index contributed by atoms with van der Waals surface area (Å²) in [6.45, 7) is 5.75. The Kier molecular flexibility index (Phi) is 4.36. The van der Waals surface area contributed by atoms with E-state index in [1.54, 1.807) is 31.3 Å². The molecule has 1 atom stereocenters. The van der Waals surface area contributed by atoms with Gasteiger partial charge in [0.15, 0.2) is 0 Å². The summed E-state index contributed by atoms with van der Waals surface area (Å²) in [4.78, 5) is 32.9. The highest BCUT2D eigenvalue weighted by Gasteiger charge is 2.41. The topological polar surface area (TPSA) is 78.0 Å². The van der Waals surface area contributed by atoms with E-state index in [1.807, 2.05) is 13.1 Å². The Bertz CT molecular complexity index is 727. The first-order chi connectivity index (χ1) is 11.4. The van der Waals surface area contributed by atoms with Gasteiger partial charge in [-0.2, -0.15) is 0 Å². The Balaban J connectivity index is 1.95. The van der Waals surface area contributed by atoms with E-state index < -0.39 is 0 Å². The van der Waals surface area contributed by atoms with E-state index in [2.05, 4.69) is 31.8 Å². The molecule has 2 aromatic rings. The average molecular weight is 328 g/mol. The zero-order valence-corrected chi connectivity index (χ0v) is 14.7. The van der Waals surface area contributed by atoms with Crippen molar-refractivity contribution in [2.45, 2.75) is 38.8 Å². The van der Waals surface area contributed by atoms with Crippen LogP contribution in [-0.2, 0) is 12.1 Å².